The fourth-order valence-electron chi connectivity index (χ4n) is 3.46. The standard InChI is InChI=1S/C22H22ClN5O2S/c1-13-5-8-15(9-6-13)24-19(29)21-27-26-20(31-21)18-4-3-11-28(18)22(30)25-17-10-7-14(2)12-16(17)23/h5-10,12,18H,3-4,11H2,1-2H3,(H,24,29)(H,25,30)/t18-/m1/s1. The van der Waals surface area contributed by atoms with E-state index >= 15 is 0 Å². The monoisotopic (exact) mass is 455 g/mol. The van der Waals surface area contributed by atoms with Crippen LogP contribution in [0.2, 0.25) is 5.02 Å². The Hall–Kier alpha value is -2.97. The number of nitrogens with one attached hydrogen (secondary N) is 2. The second kappa shape index (κ2) is 9.03. The van der Waals surface area contributed by atoms with Crippen molar-refractivity contribution in [2.75, 3.05) is 17.2 Å². The molecule has 2 N–H and O–H groups in total. The summed E-state index contributed by atoms with van der Waals surface area (Å²) in [6.45, 7) is 4.53. The number of carbonyl (C=O) groups excluding carboxylic acids is 2. The van der Waals surface area contributed by atoms with E-state index in [1.54, 1.807) is 11.0 Å². The number of nitrogens with zero attached hydrogens (tertiary/aromatic N) is 3. The summed E-state index contributed by atoms with van der Waals surface area (Å²) in [6.07, 6.45) is 1.62. The molecule has 4 rings (SSSR count). The molecular formula is C22H22ClN5O2S. The van der Waals surface area contributed by atoms with Crippen LogP contribution in [0.15, 0.2) is 42.5 Å². The number of aryl methyl sites for hydroxylation is 2. The Bertz CT molecular complexity index is 1120. The van der Waals surface area contributed by atoms with Gasteiger partial charge in [0.2, 0.25) is 5.01 Å². The van der Waals surface area contributed by atoms with E-state index in [1.165, 1.54) is 11.3 Å². The Balaban J connectivity index is 1.45. The van der Waals surface area contributed by atoms with Gasteiger partial charge in [0, 0.05) is 12.2 Å². The van der Waals surface area contributed by atoms with Crippen LogP contribution in [0.25, 0.3) is 0 Å². The van der Waals surface area contributed by atoms with Crippen molar-refractivity contribution in [3.63, 3.8) is 0 Å². The summed E-state index contributed by atoms with van der Waals surface area (Å²) in [6, 6.07) is 12.6. The van der Waals surface area contributed by atoms with Gasteiger partial charge in [0.1, 0.15) is 5.01 Å². The predicted molar refractivity (Wildman–Crippen MR) is 123 cm³/mol. The quantitative estimate of drug-likeness (QED) is 0.549. The molecule has 0 spiro atoms. The highest BCUT2D eigenvalue weighted by molar-refractivity contribution is 7.13. The molecule has 2 aromatic carbocycles. The molecule has 0 bridgehead atoms. The minimum Gasteiger partial charge on any atom is -0.320 e. The van der Waals surface area contributed by atoms with Crippen LogP contribution in [0.3, 0.4) is 0 Å². The van der Waals surface area contributed by atoms with E-state index < -0.39 is 0 Å². The predicted octanol–water partition coefficient (Wildman–Crippen LogP) is 5.43. The van der Waals surface area contributed by atoms with Crippen molar-refractivity contribution in [2.45, 2.75) is 32.7 Å². The summed E-state index contributed by atoms with van der Waals surface area (Å²) in [5.41, 5.74) is 3.40. The van der Waals surface area contributed by atoms with Crippen molar-refractivity contribution >= 4 is 46.3 Å². The highest BCUT2D eigenvalue weighted by Crippen LogP contribution is 2.34. The van der Waals surface area contributed by atoms with Crippen molar-refractivity contribution in [1.29, 1.82) is 0 Å². The van der Waals surface area contributed by atoms with Crippen molar-refractivity contribution in [2.24, 2.45) is 0 Å². The van der Waals surface area contributed by atoms with Crippen LogP contribution in [0.1, 0.15) is 44.8 Å². The molecule has 1 aliphatic heterocycles. The van der Waals surface area contributed by atoms with Gasteiger partial charge in [0.15, 0.2) is 0 Å². The zero-order chi connectivity index (χ0) is 22.0. The molecule has 31 heavy (non-hydrogen) atoms. The number of urea groups is 1. The second-order valence-electron chi connectivity index (χ2n) is 7.53. The average Bonchev–Trinajstić information content (AvgIpc) is 3.41. The average molecular weight is 456 g/mol. The van der Waals surface area contributed by atoms with E-state index in [4.69, 9.17) is 11.6 Å². The third kappa shape index (κ3) is 4.86. The largest absolute Gasteiger partial charge is 0.322 e. The summed E-state index contributed by atoms with van der Waals surface area (Å²) >= 11 is 7.46. The number of benzene rings is 2. The third-order valence-electron chi connectivity index (χ3n) is 5.11. The van der Waals surface area contributed by atoms with Crippen molar-refractivity contribution in [3.05, 3.63) is 68.6 Å². The molecule has 3 aromatic rings. The molecule has 3 amide bonds. The molecule has 9 heteroatoms. The van der Waals surface area contributed by atoms with Gasteiger partial charge in [-0.3, -0.25) is 4.79 Å². The molecule has 1 aromatic heterocycles. The van der Waals surface area contributed by atoms with E-state index in [1.807, 2.05) is 50.2 Å². The van der Waals surface area contributed by atoms with Crippen LogP contribution in [0, 0.1) is 13.8 Å². The molecule has 0 radical (unpaired) electrons. The smallest absolute Gasteiger partial charge is 0.320 e. The highest BCUT2D eigenvalue weighted by Gasteiger charge is 2.33. The maximum Gasteiger partial charge on any atom is 0.322 e. The molecule has 1 atom stereocenters. The third-order valence-corrected chi connectivity index (χ3v) is 6.45. The van der Waals surface area contributed by atoms with E-state index in [0.29, 0.717) is 27.9 Å². The Kier molecular flexibility index (Phi) is 6.20. The first-order valence-electron chi connectivity index (χ1n) is 9.96. The lowest BCUT2D eigenvalue weighted by atomic mass is 10.2. The number of aromatic nitrogens is 2. The Morgan fingerprint density at radius 2 is 1.81 bits per heavy atom. The fourth-order valence-corrected chi connectivity index (χ4v) is 4.63. The first kappa shape index (κ1) is 21.3. The molecule has 7 nitrogen and oxygen atoms in total. The van der Waals surface area contributed by atoms with E-state index in [0.717, 1.165) is 24.0 Å². The number of likely N-dealkylation sites (tertiary alicyclic amines) is 1. The number of hydrogen-bond donors (Lipinski definition) is 2. The Labute approximate surface area is 189 Å². The minimum absolute atomic E-state index is 0.220. The van der Waals surface area contributed by atoms with Gasteiger partial charge in [-0.05, 0) is 56.5 Å². The molecule has 0 unspecified atom stereocenters. The summed E-state index contributed by atoms with van der Waals surface area (Å²) in [5.74, 6) is -0.312. The van der Waals surface area contributed by atoms with E-state index in [-0.39, 0.29) is 23.0 Å². The van der Waals surface area contributed by atoms with Crippen LogP contribution >= 0.6 is 22.9 Å². The zero-order valence-electron chi connectivity index (χ0n) is 17.2. The van der Waals surface area contributed by atoms with Gasteiger partial charge in [-0.15, -0.1) is 10.2 Å². The molecular weight excluding hydrogens is 434 g/mol. The summed E-state index contributed by atoms with van der Waals surface area (Å²) in [7, 11) is 0. The van der Waals surface area contributed by atoms with Crippen molar-refractivity contribution < 1.29 is 9.59 Å². The second-order valence-corrected chi connectivity index (χ2v) is 8.95. The highest BCUT2D eigenvalue weighted by atomic mass is 35.5. The number of amides is 3. The number of halogens is 1. The number of rotatable bonds is 4. The number of anilines is 2. The molecule has 0 aliphatic carbocycles. The van der Waals surface area contributed by atoms with Crippen molar-refractivity contribution in [3.8, 4) is 0 Å². The molecule has 1 aliphatic rings. The Morgan fingerprint density at radius 3 is 2.55 bits per heavy atom. The van der Waals surface area contributed by atoms with Crippen LogP contribution in [-0.2, 0) is 0 Å². The SMILES string of the molecule is Cc1ccc(NC(=O)c2nnc([C@H]3CCCN3C(=O)Nc3ccc(C)cc3Cl)s2)cc1. The van der Waals surface area contributed by atoms with E-state index in [9.17, 15) is 9.59 Å². The first-order chi connectivity index (χ1) is 14.9. The van der Waals surface area contributed by atoms with Crippen LogP contribution < -0.4 is 10.6 Å². The molecule has 1 saturated heterocycles. The maximum atomic E-state index is 12.9. The lowest BCUT2D eigenvalue weighted by Gasteiger charge is -2.23. The molecule has 0 saturated carbocycles. The summed E-state index contributed by atoms with van der Waals surface area (Å²) < 4.78 is 0. The normalized spacial score (nSPS) is 15.7. The summed E-state index contributed by atoms with van der Waals surface area (Å²) in [4.78, 5) is 27.1. The number of hydrogen-bond acceptors (Lipinski definition) is 5. The van der Waals surface area contributed by atoms with Gasteiger partial charge in [0.25, 0.3) is 5.91 Å². The summed E-state index contributed by atoms with van der Waals surface area (Å²) in [5, 5.41) is 15.4. The van der Waals surface area contributed by atoms with Crippen molar-refractivity contribution in [1.82, 2.24) is 15.1 Å². The van der Waals surface area contributed by atoms with Gasteiger partial charge in [-0.1, -0.05) is 46.7 Å². The lowest BCUT2D eigenvalue weighted by Crippen LogP contribution is -2.34. The molecule has 1 fully saturated rings. The van der Waals surface area contributed by atoms with Crippen LogP contribution in [0.5, 0.6) is 0 Å². The number of carbonyl (C=O) groups is 2. The maximum absolute atomic E-state index is 12.9. The zero-order valence-corrected chi connectivity index (χ0v) is 18.8. The molecule has 2 heterocycles. The van der Waals surface area contributed by atoms with Gasteiger partial charge in [-0.25, -0.2) is 4.79 Å². The lowest BCUT2D eigenvalue weighted by molar-refractivity contribution is 0.102. The topological polar surface area (TPSA) is 87.2 Å². The van der Waals surface area contributed by atoms with E-state index in [2.05, 4.69) is 20.8 Å². The fraction of sp³-hybridized carbons (Fsp3) is 0.273. The Morgan fingerprint density at radius 1 is 1.06 bits per heavy atom. The minimum atomic E-state index is -0.312. The van der Waals surface area contributed by atoms with Crippen LogP contribution in [0.4, 0.5) is 16.2 Å². The molecule has 160 valence electrons. The van der Waals surface area contributed by atoms with Gasteiger partial charge in [-0.2, -0.15) is 0 Å². The first-order valence-corrected chi connectivity index (χ1v) is 11.2. The van der Waals surface area contributed by atoms with Gasteiger partial charge in [0.05, 0.1) is 16.8 Å². The van der Waals surface area contributed by atoms with Crippen LogP contribution in [-0.4, -0.2) is 33.6 Å². The van der Waals surface area contributed by atoms with Gasteiger partial charge < -0.3 is 15.5 Å². The van der Waals surface area contributed by atoms with Gasteiger partial charge >= 0.3 is 6.03 Å².